The van der Waals surface area contributed by atoms with Crippen molar-refractivity contribution >= 4 is 17.2 Å². The molecule has 1 aromatic heterocycles. The molecule has 1 aliphatic rings. The largest absolute Gasteiger partial charge is 0.388 e. The van der Waals surface area contributed by atoms with Crippen LogP contribution in [0.3, 0.4) is 0 Å². The van der Waals surface area contributed by atoms with Crippen LogP contribution in [0, 0.1) is 0 Å². The predicted molar refractivity (Wildman–Crippen MR) is 83.1 cm³/mol. The Hall–Kier alpha value is -1.00. The van der Waals surface area contributed by atoms with Gasteiger partial charge in [-0.15, -0.1) is 0 Å². The Morgan fingerprint density at radius 2 is 2.37 bits per heavy atom. The molecule has 1 atom stereocenters. The zero-order valence-electron chi connectivity index (χ0n) is 11.6. The van der Waals surface area contributed by atoms with Crippen LogP contribution in [0.15, 0.2) is 18.3 Å². The van der Waals surface area contributed by atoms with Crippen LogP contribution in [0.4, 0.5) is 0 Å². The van der Waals surface area contributed by atoms with E-state index in [9.17, 15) is 0 Å². The number of hydrogen-bond donors (Lipinski definition) is 1. The molecule has 0 bridgehead atoms. The summed E-state index contributed by atoms with van der Waals surface area (Å²) >= 11 is 5.09. The lowest BCUT2D eigenvalue weighted by atomic mass is 9.97. The van der Waals surface area contributed by atoms with E-state index < -0.39 is 0 Å². The average molecular weight is 277 g/mol. The van der Waals surface area contributed by atoms with Gasteiger partial charge in [-0.3, -0.25) is 9.88 Å². The first-order valence-corrected chi connectivity index (χ1v) is 7.61. The molecular weight excluding hydrogens is 254 g/mol. The molecule has 3 nitrogen and oxygen atoms in total. The summed E-state index contributed by atoms with van der Waals surface area (Å²) < 4.78 is 0. The molecule has 0 amide bonds. The Labute approximate surface area is 121 Å². The number of aromatic nitrogens is 1. The van der Waals surface area contributed by atoms with Gasteiger partial charge in [-0.2, -0.15) is 0 Å². The second-order valence-electron chi connectivity index (χ2n) is 5.28. The molecule has 1 aliphatic heterocycles. The summed E-state index contributed by atoms with van der Waals surface area (Å²) in [6.45, 7) is 4.36. The third kappa shape index (κ3) is 3.74. The van der Waals surface area contributed by atoms with Crippen molar-refractivity contribution in [2.75, 3.05) is 6.54 Å². The Morgan fingerprint density at radius 3 is 3.11 bits per heavy atom. The standard InChI is InChI=1S/C15H23N3S/c1-2-6-13-8-3-4-10-18(13)11-12-7-5-9-17-14(12)15(16)19/h5,7,9,13H,2-4,6,8,10-11H2,1H3,(H2,16,19). The molecule has 1 unspecified atom stereocenters. The summed E-state index contributed by atoms with van der Waals surface area (Å²) in [5, 5.41) is 0. The van der Waals surface area contributed by atoms with Crippen LogP contribution in [0.1, 0.15) is 50.3 Å². The van der Waals surface area contributed by atoms with Crippen molar-refractivity contribution in [3.8, 4) is 0 Å². The molecule has 2 heterocycles. The maximum absolute atomic E-state index is 5.76. The quantitative estimate of drug-likeness (QED) is 0.840. The summed E-state index contributed by atoms with van der Waals surface area (Å²) in [6, 6.07) is 4.77. The predicted octanol–water partition coefficient (Wildman–Crippen LogP) is 2.87. The fraction of sp³-hybridized carbons (Fsp3) is 0.600. The molecule has 0 saturated carbocycles. The maximum Gasteiger partial charge on any atom is 0.123 e. The molecule has 104 valence electrons. The molecule has 1 fully saturated rings. The summed E-state index contributed by atoms with van der Waals surface area (Å²) in [7, 11) is 0. The van der Waals surface area contributed by atoms with Crippen molar-refractivity contribution in [2.24, 2.45) is 5.73 Å². The highest BCUT2D eigenvalue weighted by Crippen LogP contribution is 2.23. The summed E-state index contributed by atoms with van der Waals surface area (Å²) in [5.41, 5.74) is 7.72. The number of thiocarbonyl (C=S) groups is 1. The number of likely N-dealkylation sites (tertiary alicyclic amines) is 1. The second kappa shape index (κ2) is 6.96. The maximum atomic E-state index is 5.76. The fourth-order valence-corrected chi connectivity index (χ4v) is 3.12. The van der Waals surface area contributed by atoms with Crippen molar-refractivity contribution in [2.45, 2.75) is 51.6 Å². The summed E-state index contributed by atoms with van der Waals surface area (Å²) in [5.74, 6) is 0. The minimum Gasteiger partial charge on any atom is -0.388 e. The van der Waals surface area contributed by atoms with Crippen LogP contribution in [0.2, 0.25) is 0 Å². The van der Waals surface area contributed by atoms with Crippen LogP contribution in [-0.2, 0) is 6.54 Å². The SMILES string of the molecule is CCCC1CCCCN1Cc1cccnc1C(N)=S. The van der Waals surface area contributed by atoms with Gasteiger partial charge in [0, 0.05) is 18.8 Å². The van der Waals surface area contributed by atoms with Gasteiger partial charge in [0.05, 0.1) is 0 Å². The molecular formula is C15H23N3S. The molecule has 4 heteroatoms. The zero-order valence-corrected chi connectivity index (χ0v) is 12.5. The van der Waals surface area contributed by atoms with Gasteiger partial charge >= 0.3 is 0 Å². The smallest absolute Gasteiger partial charge is 0.123 e. The summed E-state index contributed by atoms with van der Waals surface area (Å²) in [4.78, 5) is 7.30. The van der Waals surface area contributed by atoms with Crippen LogP contribution < -0.4 is 5.73 Å². The van der Waals surface area contributed by atoms with Gasteiger partial charge in [0.2, 0.25) is 0 Å². The number of rotatable bonds is 5. The zero-order chi connectivity index (χ0) is 13.7. The lowest BCUT2D eigenvalue weighted by Gasteiger charge is -2.36. The van der Waals surface area contributed by atoms with E-state index >= 15 is 0 Å². The Balaban J connectivity index is 2.12. The van der Waals surface area contributed by atoms with Gasteiger partial charge in [-0.25, -0.2) is 0 Å². The Kier molecular flexibility index (Phi) is 5.28. The number of nitrogens with two attached hydrogens (primary N) is 1. The van der Waals surface area contributed by atoms with Crippen LogP contribution >= 0.6 is 12.2 Å². The first kappa shape index (κ1) is 14.4. The van der Waals surface area contributed by atoms with Crippen molar-refractivity contribution < 1.29 is 0 Å². The molecule has 0 radical (unpaired) electrons. The van der Waals surface area contributed by atoms with Gasteiger partial charge in [-0.05, 0) is 37.4 Å². The van der Waals surface area contributed by atoms with Gasteiger partial charge < -0.3 is 5.73 Å². The molecule has 2 N–H and O–H groups in total. The van der Waals surface area contributed by atoms with Crippen molar-refractivity contribution in [3.63, 3.8) is 0 Å². The van der Waals surface area contributed by atoms with E-state index in [1.807, 2.05) is 6.07 Å². The minimum atomic E-state index is 0.402. The highest BCUT2D eigenvalue weighted by molar-refractivity contribution is 7.80. The first-order chi connectivity index (χ1) is 9.22. The second-order valence-corrected chi connectivity index (χ2v) is 5.72. The van der Waals surface area contributed by atoms with Gasteiger partial charge in [0.25, 0.3) is 0 Å². The lowest BCUT2D eigenvalue weighted by Crippen LogP contribution is -2.39. The van der Waals surface area contributed by atoms with E-state index in [1.165, 1.54) is 38.6 Å². The van der Waals surface area contributed by atoms with E-state index in [0.29, 0.717) is 11.0 Å². The van der Waals surface area contributed by atoms with E-state index in [0.717, 1.165) is 17.8 Å². The van der Waals surface area contributed by atoms with Crippen molar-refractivity contribution in [1.29, 1.82) is 0 Å². The van der Waals surface area contributed by atoms with Crippen molar-refractivity contribution in [1.82, 2.24) is 9.88 Å². The van der Waals surface area contributed by atoms with E-state index in [4.69, 9.17) is 18.0 Å². The Bertz CT molecular complexity index is 431. The third-order valence-corrected chi connectivity index (χ3v) is 4.06. The average Bonchev–Trinajstić information content (AvgIpc) is 2.42. The molecule has 1 aromatic rings. The number of nitrogens with zero attached hydrogens (tertiary/aromatic N) is 2. The lowest BCUT2D eigenvalue weighted by molar-refractivity contribution is 0.131. The topological polar surface area (TPSA) is 42.2 Å². The molecule has 0 spiro atoms. The van der Waals surface area contributed by atoms with Gasteiger partial charge in [0.15, 0.2) is 0 Å². The van der Waals surface area contributed by atoms with Gasteiger partial charge in [0.1, 0.15) is 10.7 Å². The molecule has 19 heavy (non-hydrogen) atoms. The number of hydrogen-bond acceptors (Lipinski definition) is 3. The highest BCUT2D eigenvalue weighted by atomic mass is 32.1. The third-order valence-electron chi connectivity index (χ3n) is 3.87. The fourth-order valence-electron chi connectivity index (χ4n) is 2.94. The van der Waals surface area contributed by atoms with Gasteiger partial charge in [-0.1, -0.05) is 38.0 Å². The van der Waals surface area contributed by atoms with E-state index in [2.05, 4.69) is 22.9 Å². The molecule has 0 aliphatic carbocycles. The molecule has 1 saturated heterocycles. The van der Waals surface area contributed by atoms with Crippen LogP contribution in [0.25, 0.3) is 0 Å². The highest BCUT2D eigenvalue weighted by Gasteiger charge is 2.22. The van der Waals surface area contributed by atoms with E-state index in [-0.39, 0.29) is 0 Å². The monoisotopic (exact) mass is 277 g/mol. The Morgan fingerprint density at radius 1 is 1.53 bits per heavy atom. The van der Waals surface area contributed by atoms with Crippen LogP contribution in [0.5, 0.6) is 0 Å². The van der Waals surface area contributed by atoms with Crippen LogP contribution in [-0.4, -0.2) is 27.5 Å². The minimum absolute atomic E-state index is 0.402. The van der Waals surface area contributed by atoms with E-state index in [1.54, 1.807) is 6.20 Å². The first-order valence-electron chi connectivity index (χ1n) is 7.20. The molecule has 2 rings (SSSR count). The summed E-state index contributed by atoms with van der Waals surface area (Å²) in [6.07, 6.45) is 8.26. The normalized spacial score (nSPS) is 20.4. The molecule has 0 aromatic carbocycles. The number of piperidine rings is 1. The number of pyridine rings is 1. The van der Waals surface area contributed by atoms with Crippen molar-refractivity contribution in [3.05, 3.63) is 29.6 Å².